The van der Waals surface area contributed by atoms with Crippen molar-refractivity contribution < 1.29 is 8.83 Å². The van der Waals surface area contributed by atoms with Crippen molar-refractivity contribution in [3.8, 4) is 67.0 Å². The van der Waals surface area contributed by atoms with E-state index in [1.807, 2.05) is 18.2 Å². The molecule has 2 heterocycles. The first-order valence-electron chi connectivity index (χ1n) is 20.5. The van der Waals surface area contributed by atoms with Crippen LogP contribution in [0.25, 0.3) is 121 Å². The first-order valence-corrected chi connectivity index (χ1v) is 20.5. The Morgan fingerprint density at radius 2 is 0.617 bits per heavy atom. The summed E-state index contributed by atoms with van der Waals surface area (Å²) in [7, 11) is 0. The summed E-state index contributed by atoms with van der Waals surface area (Å²) in [6, 6.07) is 78.1. The molecule has 0 unspecified atom stereocenters. The Morgan fingerprint density at radius 3 is 1.20 bits per heavy atom. The van der Waals surface area contributed by atoms with Crippen LogP contribution in [0.4, 0.5) is 0 Å². The van der Waals surface area contributed by atoms with Gasteiger partial charge in [0, 0.05) is 27.3 Å². The molecule has 12 rings (SSSR count). The molecule has 60 heavy (non-hydrogen) atoms. The molecule has 0 amide bonds. The van der Waals surface area contributed by atoms with E-state index in [9.17, 15) is 0 Å². The second-order valence-corrected chi connectivity index (χ2v) is 15.6. The van der Waals surface area contributed by atoms with Gasteiger partial charge in [-0.2, -0.15) is 0 Å². The highest BCUT2D eigenvalue weighted by Gasteiger charge is 2.20. The van der Waals surface area contributed by atoms with Crippen molar-refractivity contribution in [2.24, 2.45) is 0 Å². The summed E-state index contributed by atoms with van der Waals surface area (Å²) in [5.41, 5.74) is 15.5. The van der Waals surface area contributed by atoms with E-state index >= 15 is 0 Å². The topological polar surface area (TPSA) is 26.3 Å². The summed E-state index contributed by atoms with van der Waals surface area (Å²) < 4.78 is 12.8. The van der Waals surface area contributed by atoms with Crippen LogP contribution in [0.15, 0.2) is 227 Å². The zero-order chi connectivity index (χ0) is 39.6. The third kappa shape index (κ3) is 5.57. The summed E-state index contributed by atoms with van der Waals surface area (Å²) >= 11 is 0. The molecule has 0 saturated carbocycles. The van der Waals surface area contributed by atoms with Crippen LogP contribution in [-0.2, 0) is 0 Å². The molecule has 10 aromatic carbocycles. The number of para-hydroxylation sites is 1. The molecule has 280 valence electrons. The lowest BCUT2D eigenvalue weighted by Gasteiger charge is -2.18. The predicted molar refractivity (Wildman–Crippen MR) is 251 cm³/mol. The molecule has 2 aromatic heterocycles. The van der Waals surface area contributed by atoms with Crippen LogP contribution in [0.1, 0.15) is 0 Å². The Bertz CT molecular complexity index is 3500. The zero-order valence-corrected chi connectivity index (χ0v) is 32.6. The Labute approximate surface area is 347 Å². The van der Waals surface area contributed by atoms with Crippen molar-refractivity contribution in [2.45, 2.75) is 0 Å². The van der Waals surface area contributed by atoms with Gasteiger partial charge in [0.2, 0.25) is 0 Å². The minimum Gasteiger partial charge on any atom is -0.456 e. The monoisotopic (exact) mass is 764 g/mol. The van der Waals surface area contributed by atoms with Crippen LogP contribution in [-0.4, -0.2) is 0 Å². The highest BCUT2D eigenvalue weighted by molar-refractivity contribution is 6.21. The maximum atomic E-state index is 6.69. The lowest BCUT2D eigenvalue weighted by molar-refractivity contribution is 0.632. The Balaban J connectivity index is 0.931. The van der Waals surface area contributed by atoms with E-state index in [1.54, 1.807) is 0 Å². The number of benzene rings is 10. The zero-order valence-electron chi connectivity index (χ0n) is 32.6. The third-order valence-corrected chi connectivity index (χ3v) is 12.1. The van der Waals surface area contributed by atoms with Gasteiger partial charge < -0.3 is 8.83 Å². The third-order valence-electron chi connectivity index (χ3n) is 12.1. The van der Waals surface area contributed by atoms with E-state index in [0.717, 1.165) is 66.5 Å². The molecule has 0 aliphatic heterocycles. The van der Waals surface area contributed by atoms with E-state index in [-0.39, 0.29) is 0 Å². The van der Waals surface area contributed by atoms with E-state index in [2.05, 4.69) is 200 Å². The molecule has 0 aliphatic rings. The van der Waals surface area contributed by atoms with E-state index in [4.69, 9.17) is 8.83 Å². The molecule has 0 bridgehead atoms. The second-order valence-electron chi connectivity index (χ2n) is 15.6. The van der Waals surface area contributed by atoms with Gasteiger partial charge in [-0.3, -0.25) is 0 Å². The molecule has 2 nitrogen and oxygen atoms in total. The minimum atomic E-state index is 0.877. The van der Waals surface area contributed by atoms with Gasteiger partial charge in [-0.15, -0.1) is 0 Å². The molecule has 0 N–H and O–H groups in total. The van der Waals surface area contributed by atoms with E-state index < -0.39 is 0 Å². The van der Waals surface area contributed by atoms with E-state index in [0.29, 0.717) is 0 Å². The predicted octanol–water partition coefficient (Wildman–Crippen LogP) is 16.6. The van der Waals surface area contributed by atoms with Gasteiger partial charge in [-0.1, -0.05) is 188 Å². The van der Waals surface area contributed by atoms with Crippen molar-refractivity contribution in [1.29, 1.82) is 0 Å². The summed E-state index contributed by atoms with van der Waals surface area (Å²) in [6.07, 6.45) is 0. The maximum Gasteiger partial charge on any atom is 0.143 e. The summed E-state index contributed by atoms with van der Waals surface area (Å²) in [4.78, 5) is 0. The SMILES string of the molecule is c1ccc(-c2oc3cc(-c4ccc(-c5c6ccccc6c(-c6ccc(-c7ccc8oc9ccccc9c8c7)cc6)c6ccccc56)cc4)ccc3c2-c2ccccc2)cc1. The number of hydrogen-bond acceptors (Lipinski definition) is 2. The molecule has 0 radical (unpaired) electrons. The van der Waals surface area contributed by atoms with Crippen LogP contribution in [0.2, 0.25) is 0 Å². The van der Waals surface area contributed by atoms with E-state index in [1.165, 1.54) is 54.9 Å². The molecule has 0 aliphatic carbocycles. The van der Waals surface area contributed by atoms with Crippen LogP contribution < -0.4 is 0 Å². The maximum absolute atomic E-state index is 6.69. The average molecular weight is 765 g/mol. The quantitative estimate of drug-likeness (QED) is 0.158. The normalized spacial score (nSPS) is 11.7. The minimum absolute atomic E-state index is 0.877. The first kappa shape index (κ1) is 34.1. The largest absolute Gasteiger partial charge is 0.456 e. The molecule has 0 spiro atoms. The first-order chi connectivity index (χ1) is 29.7. The number of hydrogen-bond donors (Lipinski definition) is 0. The standard InChI is InChI=1S/C58H36O2/c1-3-13-39(14-4-1)57-50-33-31-44(36-54(50)60-58(57)42-15-5-2-6-16-42)38-25-29-41(30-26-38)56-48-20-9-7-18-46(48)55(47-19-8-10-21-49(47)56)40-27-23-37(24-28-40)43-32-34-53-51(35-43)45-17-11-12-22-52(45)59-53/h1-36H. The Morgan fingerprint density at radius 1 is 0.200 bits per heavy atom. The van der Waals surface area contributed by atoms with Gasteiger partial charge in [0.15, 0.2) is 0 Å². The highest BCUT2D eigenvalue weighted by Crippen LogP contribution is 2.46. The van der Waals surface area contributed by atoms with Crippen LogP contribution >= 0.6 is 0 Å². The number of fused-ring (bicyclic) bond motifs is 6. The van der Waals surface area contributed by atoms with Gasteiger partial charge >= 0.3 is 0 Å². The van der Waals surface area contributed by atoms with Gasteiger partial charge in [0.25, 0.3) is 0 Å². The fourth-order valence-electron chi connectivity index (χ4n) is 9.28. The van der Waals surface area contributed by atoms with Crippen LogP contribution in [0.5, 0.6) is 0 Å². The van der Waals surface area contributed by atoms with Crippen molar-refractivity contribution in [3.63, 3.8) is 0 Å². The van der Waals surface area contributed by atoms with Crippen LogP contribution in [0, 0.1) is 0 Å². The van der Waals surface area contributed by atoms with Crippen molar-refractivity contribution in [2.75, 3.05) is 0 Å². The van der Waals surface area contributed by atoms with Crippen molar-refractivity contribution in [1.82, 2.24) is 0 Å². The number of rotatable bonds is 6. The fraction of sp³-hybridized carbons (Fsp3) is 0. The molecule has 0 saturated heterocycles. The van der Waals surface area contributed by atoms with Crippen LogP contribution in [0.3, 0.4) is 0 Å². The van der Waals surface area contributed by atoms with Crippen molar-refractivity contribution in [3.05, 3.63) is 218 Å². The second kappa shape index (κ2) is 13.9. The summed E-state index contributed by atoms with van der Waals surface area (Å²) in [6.45, 7) is 0. The highest BCUT2D eigenvalue weighted by atomic mass is 16.3. The van der Waals surface area contributed by atoms with Gasteiger partial charge in [-0.25, -0.2) is 0 Å². The summed E-state index contributed by atoms with van der Waals surface area (Å²) in [5, 5.41) is 8.34. The number of furan rings is 2. The van der Waals surface area contributed by atoms with Gasteiger partial charge in [0.1, 0.15) is 22.5 Å². The van der Waals surface area contributed by atoms with Gasteiger partial charge in [-0.05, 0) is 102 Å². The molecule has 0 fully saturated rings. The molecule has 0 atom stereocenters. The van der Waals surface area contributed by atoms with Gasteiger partial charge in [0.05, 0.1) is 0 Å². The Kier molecular flexibility index (Phi) is 7.89. The smallest absolute Gasteiger partial charge is 0.143 e. The molecule has 2 heteroatoms. The molecule has 12 aromatic rings. The lowest BCUT2D eigenvalue weighted by atomic mass is 9.85. The molecular weight excluding hydrogens is 729 g/mol. The fourth-order valence-corrected chi connectivity index (χ4v) is 9.28. The molecular formula is C58H36O2. The summed E-state index contributed by atoms with van der Waals surface area (Å²) in [5.74, 6) is 0.892. The Hall–Kier alpha value is -7.94. The lowest BCUT2D eigenvalue weighted by Crippen LogP contribution is -1.91. The average Bonchev–Trinajstić information content (AvgIpc) is 3.90. The van der Waals surface area contributed by atoms with Crippen molar-refractivity contribution >= 4 is 54.5 Å².